The topological polar surface area (TPSA) is 26.3 Å². The second kappa shape index (κ2) is 7.80. The van der Waals surface area contributed by atoms with Crippen LogP contribution in [0.4, 0.5) is 4.39 Å². The highest BCUT2D eigenvalue weighted by atomic mass is 32.2. The van der Waals surface area contributed by atoms with Gasteiger partial charge in [-0.3, -0.25) is 4.79 Å². The van der Waals surface area contributed by atoms with Gasteiger partial charge < -0.3 is 4.74 Å². The van der Waals surface area contributed by atoms with Gasteiger partial charge in [0.25, 0.3) is 4.74 Å². The first kappa shape index (κ1) is 16.3. The van der Waals surface area contributed by atoms with Crippen LogP contribution in [0, 0.1) is 12.7 Å². The van der Waals surface area contributed by atoms with E-state index in [1.165, 1.54) is 12.2 Å². The van der Waals surface area contributed by atoms with Gasteiger partial charge in [0.15, 0.2) is 5.82 Å². The molecule has 0 N–H and O–H groups in total. The predicted molar refractivity (Wildman–Crippen MR) is 90.5 cm³/mol. The van der Waals surface area contributed by atoms with Crippen molar-refractivity contribution in [1.29, 1.82) is 0 Å². The maximum Gasteiger partial charge on any atom is 0.268 e. The molecule has 1 aromatic heterocycles. The van der Waals surface area contributed by atoms with Crippen molar-refractivity contribution in [3.8, 4) is 5.75 Å². The van der Waals surface area contributed by atoms with Crippen molar-refractivity contribution in [3.63, 3.8) is 0 Å². The van der Waals surface area contributed by atoms with E-state index in [0.717, 1.165) is 40.0 Å². The molecule has 0 unspecified atom stereocenters. The summed E-state index contributed by atoms with van der Waals surface area (Å²) in [4.78, 5) is 11.5. The van der Waals surface area contributed by atoms with E-state index in [1.807, 2.05) is 30.0 Å². The zero-order chi connectivity index (χ0) is 15.2. The molecule has 2 rings (SSSR count). The molecule has 114 valence electrons. The number of hydrogen-bond acceptors (Lipinski definition) is 4. The SMILES string of the molecule is CSCCCCCOc1ccc2c(C)c(F)c(=O)sc2c1. The summed E-state index contributed by atoms with van der Waals surface area (Å²) in [5, 5.41) is 0.782. The fourth-order valence-electron chi connectivity index (χ4n) is 2.12. The molecule has 1 heterocycles. The van der Waals surface area contributed by atoms with Gasteiger partial charge in [0.05, 0.1) is 6.61 Å². The Hall–Kier alpha value is -1.07. The van der Waals surface area contributed by atoms with E-state index in [4.69, 9.17) is 4.74 Å². The van der Waals surface area contributed by atoms with E-state index >= 15 is 0 Å². The largest absolute Gasteiger partial charge is 0.494 e. The zero-order valence-corrected chi connectivity index (χ0v) is 13.9. The Morgan fingerprint density at radius 3 is 2.86 bits per heavy atom. The van der Waals surface area contributed by atoms with Crippen LogP contribution in [0.3, 0.4) is 0 Å². The first-order valence-electron chi connectivity index (χ1n) is 6.98. The molecule has 0 saturated heterocycles. The van der Waals surface area contributed by atoms with Gasteiger partial charge in [0.2, 0.25) is 0 Å². The summed E-state index contributed by atoms with van der Waals surface area (Å²) < 4.78 is 19.5. The molecule has 1 aromatic carbocycles. The van der Waals surface area contributed by atoms with Crippen molar-refractivity contribution in [1.82, 2.24) is 0 Å². The third-order valence-electron chi connectivity index (χ3n) is 3.33. The Bertz CT molecular complexity index is 667. The van der Waals surface area contributed by atoms with Crippen LogP contribution >= 0.6 is 23.1 Å². The van der Waals surface area contributed by atoms with Gasteiger partial charge >= 0.3 is 0 Å². The Morgan fingerprint density at radius 2 is 2.10 bits per heavy atom. The Morgan fingerprint density at radius 1 is 1.29 bits per heavy atom. The number of rotatable bonds is 7. The minimum Gasteiger partial charge on any atom is -0.494 e. The first-order chi connectivity index (χ1) is 10.1. The number of hydrogen-bond donors (Lipinski definition) is 0. The van der Waals surface area contributed by atoms with Gasteiger partial charge in [-0.15, -0.1) is 0 Å². The van der Waals surface area contributed by atoms with Crippen LogP contribution in [-0.4, -0.2) is 18.6 Å². The highest BCUT2D eigenvalue weighted by molar-refractivity contribution is 7.98. The summed E-state index contributed by atoms with van der Waals surface area (Å²) in [5.41, 5.74) is 0.414. The predicted octanol–water partition coefficient (Wildman–Crippen LogP) is 4.62. The highest BCUT2D eigenvalue weighted by Crippen LogP contribution is 2.26. The molecule has 0 atom stereocenters. The third-order valence-corrected chi connectivity index (χ3v) is 4.95. The van der Waals surface area contributed by atoms with E-state index < -0.39 is 10.6 Å². The summed E-state index contributed by atoms with van der Waals surface area (Å²) in [6.07, 6.45) is 5.51. The van der Waals surface area contributed by atoms with Crippen LogP contribution in [0.5, 0.6) is 5.75 Å². The summed E-state index contributed by atoms with van der Waals surface area (Å²) in [5.74, 6) is 1.29. The average molecular weight is 326 g/mol. The van der Waals surface area contributed by atoms with Crippen LogP contribution in [0.25, 0.3) is 10.1 Å². The molecule has 0 spiro atoms. The monoisotopic (exact) mass is 326 g/mol. The number of thioether (sulfide) groups is 1. The smallest absolute Gasteiger partial charge is 0.268 e. The molecule has 0 aliphatic heterocycles. The molecule has 0 bridgehead atoms. The lowest BCUT2D eigenvalue weighted by atomic mass is 10.1. The summed E-state index contributed by atoms with van der Waals surface area (Å²) in [6, 6.07) is 5.50. The van der Waals surface area contributed by atoms with Crippen molar-refractivity contribution < 1.29 is 9.13 Å². The van der Waals surface area contributed by atoms with Gasteiger partial charge in [-0.1, -0.05) is 11.3 Å². The summed E-state index contributed by atoms with van der Waals surface area (Å²) in [6.45, 7) is 2.31. The van der Waals surface area contributed by atoms with Crippen LogP contribution in [-0.2, 0) is 0 Å². The van der Waals surface area contributed by atoms with Gasteiger partial charge in [0, 0.05) is 4.70 Å². The fourth-order valence-corrected chi connectivity index (χ4v) is 3.56. The molecule has 2 nitrogen and oxygen atoms in total. The number of fused-ring (bicyclic) bond motifs is 1. The number of unbranched alkanes of at least 4 members (excludes halogenated alkanes) is 2. The van der Waals surface area contributed by atoms with E-state index in [-0.39, 0.29) is 0 Å². The molecule has 0 radical (unpaired) electrons. The van der Waals surface area contributed by atoms with Crippen molar-refractivity contribution in [2.24, 2.45) is 0 Å². The van der Waals surface area contributed by atoms with Gasteiger partial charge in [-0.05, 0) is 67.3 Å². The maximum atomic E-state index is 13.6. The van der Waals surface area contributed by atoms with E-state index in [2.05, 4.69) is 6.26 Å². The second-order valence-electron chi connectivity index (χ2n) is 4.89. The van der Waals surface area contributed by atoms with E-state index in [1.54, 1.807) is 6.92 Å². The molecule has 0 aliphatic rings. The lowest BCUT2D eigenvalue weighted by Gasteiger charge is -2.08. The van der Waals surface area contributed by atoms with E-state index in [0.29, 0.717) is 12.2 Å². The van der Waals surface area contributed by atoms with Gasteiger partial charge in [0.1, 0.15) is 5.75 Å². The lowest BCUT2D eigenvalue weighted by Crippen LogP contribution is -2.03. The van der Waals surface area contributed by atoms with Crippen molar-refractivity contribution in [2.45, 2.75) is 26.2 Å². The highest BCUT2D eigenvalue weighted by Gasteiger charge is 2.09. The Balaban J connectivity index is 2.03. The zero-order valence-electron chi connectivity index (χ0n) is 12.3. The molecular weight excluding hydrogens is 307 g/mol. The second-order valence-corrected chi connectivity index (χ2v) is 6.89. The van der Waals surface area contributed by atoms with Crippen molar-refractivity contribution >= 4 is 33.2 Å². The minimum absolute atomic E-state index is 0.414. The fraction of sp³-hybridized carbons (Fsp3) is 0.438. The number of ether oxygens (including phenoxy) is 1. The van der Waals surface area contributed by atoms with E-state index in [9.17, 15) is 9.18 Å². The lowest BCUT2D eigenvalue weighted by molar-refractivity contribution is 0.307. The van der Waals surface area contributed by atoms with Crippen LogP contribution in [0.2, 0.25) is 0 Å². The molecule has 5 heteroatoms. The molecule has 21 heavy (non-hydrogen) atoms. The first-order valence-corrected chi connectivity index (χ1v) is 9.19. The van der Waals surface area contributed by atoms with Crippen LogP contribution in [0.15, 0.2) is 23.0 Å². The standard InChI is InChI=1S/C16H19FO2S2/c1-11-13-7-6-12(19-8-4-3-5-9-20-2)10-14(13)21-16(18)15(11)17/h6-7,10H,3-5,8-9H2,1-2H3. The van der Waals surface area contributed by atoms with Gasteiger partial charge in [-0.2, -0.15) is 11.8 Å². The van der Waals surface area contributed by atoms with Crippen molar-refractivity contribution in [2.75, 3.05) is 18.6 Å². The molecule has 2 aromatic rings. The molecule has 0 amide bonds. The quantitative estimate of drug-likeness (QED) is 0.694. The third kappa shape index (κ3) is 4.20. The summed E-state index contributed by atoms with van der Waals surface area (Å²) >= 11 is 2.80. The number of halogens is 1. The Kier molecular flexibility index (Phi) is 6.06. The molecule has 0 aliphatic carbocycles. The maximum absolute atomic E-state index is 13.6. The number of benzene rings is 1. The summed E-state index contributed by atoms with van der Waals surface area (Å²) in [7, 11) is 0. The normalized spacial score (nSPS) is 11.0. The molecule has 0 fully saturated rings. The number of aryl methyl sites for hydroxylation is 1. The van der Waals surface area contributed by atoms with Crippen LogP contribution in [0.1, 0.15) is 24.8 Å². The van der Waals surface area contributed by atoms with Crippen LogP contribution < -0.4 is 9.48 Å². The molecular formula is C16H19FO2S2. The molecule has 0 saturated carbocycles. The van der Waals surface area contributed by atoms with Crippen molar-refractivity contribution in [3.05, 3.63) is 39.1 Å². The minimum atomic E-state index is -0.644. The Labute approximate surface area is 132 Å². The van der Waals surface area contributed by atoms with Gasteiger partial charge in [-0.25, -0.2) is 4.39 Å². The average Bonchev–Trinajstić information content (AvgIpc) is 2.48.